The SMILES string of the molecule is CC(Sc1ccc(F)cc1F)C(=O)Nc1cccc([N+](=O)[O-])c1. The van der Waals surface area contributed by atoms with Crippen LogP contribution in [0.3, 0.4) is 0 Å². The quantitative estimate of drug-likeness (QED) is 0.508. The summed E-state index contributed by atoms with van der Waals surface area (Å²) in [6, 6.07) is 8.61. The van der Waals surface area contributed by atoms with Crippen LogP contribution in [0.2, 0.25) is 0 Å². The number of hydrogen-bond acceptors (Lipinski definition) is 4. The minimum atomic E-state index is -0.745. The first-order valence-electron chi connectivity index (χ1n) is 6.54. The molecule has 0 aromatic heterocycles. The lowest BCUT2D eigenvalue weighted by molar-refractivity contribution is -0.384. The van der Waals surface area contributed by atoms with Gasteiger partial charge >= 0.3 is 0 Å². The Morgan fingerprint density at radius 1 is 1.26 bits per heavy atom. The largest absolute Gasteiger partial charge is 0.325 e. The van der Waals surface area contributed by atoms with Gasteiger partial charge < -0.3 is 5.32 Å². The van der Waals surface area contributed by atoms with E-state index in [4.69, 9.17) is 0 Å². The molecule has 1 atom stereocenters. The van der Waals surface area contributed by atoms with Crippen LogP contribution in [-0.4, -0.2) is 16.1 Å². The van der Waals surface area contributed by atoms with Gasteiger partial charge in [0.2, 0.25) is 5.91 Å². The van der Waals surface area contributed by atoms with Crippen LogP contribution in [0, 0.1) is 21.7 Å². The van der Waals surface area contributed by atoms with E-state index in [0.717, 1.165) is 23.9 Å². The predicted molar refractivity (Wildman–Crippen MR) is 83.4 cm³/mol. The fraction of sp³-hybridized carbons (Fsp3) is 0.133. The highest BCUT2D eigenvalue weighted by Crippen LogP contribution is 2.27. The summed E-state index contributed by atoms with van der Waals surface area (Å²) in [5.41, 5.74) is 0.129. The number of halogens is 2. The van der Waals surface area contributed by atoms with Crippen molar-refractivity contribution >= 4 is 29.0 Å². The number of thioether (sulfide) groups is 1. The molecule has 2 aromatic carbocycles. The monoisotopic (exact) mass is 338 g/mol. The van der Waals surface area contributed by atoms with Crippen LogP contribution >= 0.6 is 11.8 Å². The van der Waals surface area contributed by atoms with Gasteiger partial charge in [-0.05, 0) is 25.1 Å². The van der Waals surface area contributed by atoms with E-state index in [1.165, 1.54) is 30.3 Å². The molecule has 1 amide bonds. The molecule has 5 nitrogen and oxygen atoms in total. The standard InChI is InChI=1S/C15H12F2N2O3S/c1-9(23-14-6-5-10(16)7-13(14)17)15(20)18-11-3-2-4-12(8-11)19(21)22/h2-9H,1H3,(H,18,20). The van der Waals surface area contributed by atoms with Crippen LogP contribution in [0.25, 0.3) is 0 Å². The van der Waals surface area contributed by atoms with Crippen molar-refractivity contribution in [2.45, 2.75) is 17.1 Å². The van der Waals surface area contributed by atoms with Gasteiger partial charge in [0.15, 0.2) is 0 Å². The molecule has 2 rings (SSSR count). The number of hydrogen-bond donors (Lipinski definition) is 1. The molecule has 0 spiro atoms. The first kappa shape index (κ1) is 16.9. The van der Waals surface area contributed by atoms with Crippen molar-refractivity contribution in [1.82, 2.24) is 0 Å². The summed E-state index contributed by atoms with van der Waals surface area (Å²) in [4.78, 5) is 22.4. The number of carbonyl (C=O) groups is 1. The van der Waals surface area contributed by atoms with E-state index in [9.17, 15) is 23.7 Å². The summed E-state index contributed by atoms with van der Waals surface area (Å²) in [5.74, 6) is -1.88. The van der Waals surface area contributed by atoms with Crippen molar-refractivity contribution in [1.29, 1.82) is 0 Å². The Bertz CT molecular complexity index is 755. The molecule has 0 bridgehead atoms. The van der Waals surface area contributed by atoms with E-state index in [0.29, 0.717) is 0 Å². The van der Waals surface area contributed by atoms with E-state index in [2.05, 4.69) is 5.32 Å². The lowest BCUT2D eigenvalue weighted by atomic mass is 10.2. The molecule has 0 heterocycles. The molecule has 1 N–H and O–H groups in total. The number of amides is 1. The molecular formula is C15H12F2N2O3S. The number of nitro benzene ring substituents is 1. The molecular weight excluding hydrogens is 326 g/mol. The highest BCUT2D eigenvalue weighted by molar-refractivity contribution is 8.00. The zero-order valence-corrected chi connectivity index (χ0v) is 12.8. The lowest BCUT2D eigenvalue weighted by Crippen LogP contribution is -2.22. The highest BCUT2D eigenvalue weighted by atomic mass is 32.2. The van der Waals surface area contributed by atoms with Gasteiger partial charge in [-0.25, -0.2) is 8.78 Å². The minimum Gasteiger partial charge on any atom is -0.325 e. The molecule has 2 aromatic rings. The van der Waals surface area contributed by atoms with Crippen LogP contribution in [0.15, 0.2) is 47.4 Å². The fourth-order valence-electron chi connectivity index (χ4n) is 1.76. The van der Waals surface area contributed by atoms with Gasteiger partial charge in [-0.2, -0.15) is 0 Å². The molecule has 0 saturated heterocycles. The normalized spacial score (nSPS) is 11.8. The molecule has 0 aliphatic heterocycles. The van der Waals surface area contributed by atoms with Crippen LogP contribution < -0.4 is 5.32 Å². The number of non-ortho nitro benzene ring substituents is 1. The van der Waals surface area contributed by atoms with Crippen molar-refractivity contribution in [3.8, 4) is 0 Å². The molecule has 8 heteroatoms. The second kappa shape index (κ2) is 7.19. The number of anilines is 1. The van der Waals surface area contributed by atoms with Crippen molar-refractivity contribution in [2.24, 2.45) is 0 Å². The number of carbonyl (C=O) groups excluding carboxylic acids is 1. The first-order chi connectivity index (χ1) is 10.9. The number of benzene rings is 2. The summed E-state index contributed by atoms with van der Waals surface area (Å²) in [5, 5.41) is 12.6. The lowest BCUT2D eigenvalue weighted by Gasteiger charge is -2.12. The van der Waals surface area contributed by atoms with Gasteiger partial charge in [-0.15, -0.1) is 11.8 Å². The number of nitro groups is 1. The predicted octanol–water partition coefficient (Wildman–Crippen LogP) is 3.99. The molecule has 23 heavy (non-hydrogen) atoms. The van der Waals surface area contributed by atoms with Crippen LogP contribution in [-0.2, 0) is 4.79 Å². The van der Waals surface area contributed by atoms with E-state index < -0.39 is 27.7 Å². The van der Waals surface area contributed by atoms with Crippen molar-refractivity contribution < 1.29 is 18.5 Å². The van der Waals surface area contributed by atoms with Gasteiger partial charge in [0.1, 0.15) is 11.6 Å². The molecule has 0 radical (unpaired) electrons. The third-order valence-corrected chi connectivity index (χ3v) is 4.04. The topological polar surface area (TPSA) is 72.2 Å². The molecule has 0 aliphatic rings. The van der Waals surface area contributed by atoms with E-state index in [1.54, 1.807) is 6.92 Å². The molecule has 0 aliphatic carbocycles. The smallest absolute Gasteiger partial charge is 0.271 e. The molecule has 0 fully saturated rings. The average Bonchev–Trinajstić information content (AvgIpc) is 2.50. The zero-order chi connectivity index (χ0) is 17.0. The van der Waals surface area contributed by atoms with Crippen LogP contribution in [0.1, 0.15) is 6.92 Å². The van der Waals surface area contributed by atoms with E-state index in [-0.39, 0.29) is 16.3 Å². The third-order valence-electron chi connectivity index (χ3n) is 2.89. The Hall–Kier alpha value is -2.48. The summed E-state index contributed by atoms with van der Waals surface area (Å²) in [6.07, 6.45) is 0. The zero-order valence-electron chi connectivity index (χ0n) is 12.0. The van der Waals surface area contributed by atoms with Crippen molar-refractivity contribution in [2.75, 3.05) is 5.32 Å². The minimum absolute atomic E-state index is 0.146. The van der Waals surface area contributed by atoms with E-state index >= 15 is 0 Å². The maximum Gasteiger partial charge on any atom is 0.271 e. The Morgan fingerprint density at radius 3 is 2.65 bits per heavy atom. The summed E-state index contributed by atoms with van der Waals surface area (Å²) >= 11 is 0.929. The Morgan fingerprint density at radius 2 is 2.00 bits per heavy atom. The molecule has 120 valence electrons. The van der Waals surface area contributed by atoms with Gasteiger partial charge in [-0.1, -0.05) is 6.07 Å². The average molecular weight is 338 g/mol. The number of rotatable bonds is 5. The molecule has 0 saturated carbocycles. The van der Waals surface area contributed by atoms with Gasteiger partial charge in [0.05, 0.1) is 10.2 Å². The third kappa shape index (κ3) is 4.49. The van der Waals surface area contributed by atoms with Crippen LogP contribution in [0.4, 0.5) is 20.2 Å². The fourth-order valence-corrected chi connectivity index (χ4v) is 2.62. The van der Waals surface area contributed by atoms with E-state index in [1.807, 2.05) is 0 Å². The summed E-state index contributed by atoms with van der Waals surface area (Å²) in [6.45, 7) is 1.56. The van der Waals surface area contributed by atoms with Crippen molar-refractivity contribution in [3.05, 3.63) is 64.2 Å². The Kier molecular flexibility index (Phi) is 5.28. The Labute approximate surface area is 134 Å². The second-order valence-electron chi connectivity index (χ2n) is 4.63. The molecule has 1 unspecified atom stereocenters. The summed E-state index contributed by atoms with van der Waals surface area (Å²) in [7, 11) is 0. The van der Waals surface area contributed by atoms with Gasteiger partial charge in [0.25, 0.3) is 5.69 Å². The second-order valence-corrected chi connectivity index (χ2v) is 6.01. The summed E-state index contributed by atoms with van der Waals surface area (Å²) < 4.78 is 26.4. The van der Waals surface area contributed by atoms with Gasteiger partial charge in [0, 0.05) is 28.8 Å². The Balaban J connectivity index is 2.05. The van der Waals surface area contributed by atoms with Gasteiger partial charge in [-0.3, -0.25) is 14.9 Å². The number of nitrogens with one attached hydrogen (secondary N) is 1. The van der Waals surface area contributed by atoms with Crippen molar-refractivity contribution in [3.63, 3.8) is 0 Å². The maximum absolute atomic E-state index is 13.6. The maximum atomic E-state index is 13.6. The van der Waals surface area contributed by atoms with Crippen LogP contribution in [0.5, 0.6) is 0 Å². The number of nitrogens with zero attached hydrogens (tertiary/aromatic N) is 1. The highest BCUT2D eigenvalue weighted by Gasteiger charge is 2.17. The first-order valence-corrected chi connectivity index (χ1v) is 7.42.